The maximum atomic E-state index is 9.15. The van der Waals surface area contributed by atoms with Crippen molar-refractivity contribution < 1.29 is 93.3 Å². The number of fused-ring (bicyclic) bond motifs is 1. The number of benzene rings is 1. The minimum atomic E-state index is 0. The van der Waals surface area contributed by atoms with Gasteiger partial charge in [0.2, 0.25) is 0 Å². The largest absolute Gasteiger partial charge is 0 e. The quantitative estimate of drug-likeness (QED) is 0.397. The summed E-state index contributed by atoms with van der Waals surface area (Å²) in [5, 5.41) is 10.2. The molecule has 6 radical (unpaired) electrons. The third-order valence-corrected chi connectivity index (χ3v) is 4.13. The number of hydrogen-bond donors (Lipinski definition) is 0. The van der Waals surface area contributed by atoms with Crippen LogP contribution < -0.4 is 3.71 Å². The fourth-order valence-corrected chi connectivity index (χ4v) is 3.24. The van der Waals surface area contributed by atoms with E-state index in [1.807, 2.05) is 0 Å². The van der Waals surface area contributed by atoms with Gasteiger partial charge in [-0.05, 0) is 0 Å². The second-order valence-electron chi connectivity index (χ2n) is 3.60. The van der Waals surface area contributed by atoms with Gasteiger partial charge in [-0.2, -0.15) is 0 Å². The van der Waals surface area contributed by atoms with Crippen LogP contribution in [0, 0.1) is 112 Å². The zero-order valence-electron chi connectivity index (χ0n) is 10.9. The zero-order chi connectivity index (χ0) is 11.0. The molecule has 0 N–H and O–H groups in total. The van der Waals surface area contributed by atoms with Crippen molar-refractivity contribution in [2.24, 2.45) is 0 Å². The second-order valence-corrected chi connectivity index (χ2v) is 4.95. The topological polar surface area (TPSA) is 28.7 Å². The van der Waals surface area contributed by atoms with E-state index < -0.39 is 0 Å². The van der Waals surface area contributed by atoms with Gasteiger partial charge in [-0.1, -0.05) is 0 Å². The van der Waals surface area contributed by atoms with Gasteiger partial charge in [-0.3, -0.25) is 0 Å². The molecule has 0 fully saturated rings. The van der Waals surface area contributed by atoms with E-state index >= 15 is 0 Å². The Bertz CT molecular complexity index is 578. The van der Waals surface area contributed by atoms with Crippen LogP contribution in [-0.4, -0.2) is 35.5 Å². The first-order chi connectivity index (χ1) is 7.19. The summed E-state index contributed by atoms with van der Waals surface area (Å²) in [6.07, 6.45) is 0. The van der Waals surface area contributed by atoms with Crippen LogP contribution in [0.25, 0.3) is 10.9 Å². The number of nitriles is 1. The Kier molecular flexibility index (Phi) is 16.2. The molecule has 0 aliphatic rings. The molecule has 2 rings (SSSR count). The Labute approximate surface area is 201 Å². The van der Waals surface area contributed by atoms with E-state index in [-0.39, 0.29) is 102 Å². The average Bonchev–Trinajstić information content (AvgIpc) is 2.48. The molecule has 0 atom stereocenters. The SMILES string of the molecule is CCn1[c]([Sn])c(C#N)c2ccc(C)cc21.[B].[U].[U].[U]. The molecule has 0 bridgehead atoms. The first kappa shape index (κ1) is 26.2. The van der Waals surface area contributed by atoms with Crippen molar-refractivity contribution in [3.8, 4) is 6.07 Å². The molecule has 0 saturated carbocycles. The smallest absolute Gasteiger partial charge is 0 e. The summed E-state index contributed by atoms with van der Waals surface area (Å²) >= 11 is 1.31. The van der Waals surface area contributed by atoms with Gasteiger partial charge in [0.15, 0.2) is 0 Å². The van der Waals surface area contributed by atoms with Gasteiger partial charge < -0.3 is 0 Å². The van der Waals surface area contributed by atoms with E-state index in [4.69, 9.17) is 5.26 Å². The molecule has 7 heteroatoms. The maximum absolute atomic E-state index is 9.15. The average molecular weight is 1030 g/mol. The summed E-state index contributed by atoms with van der Waals surface area (Å²) in [6.45, 7) is 5.14. The Balaban J connectivity index is -0.000000640. The summed E-state index contributed by atoms with van der Waals surface area (Å²) in [5.41, 5.74) is 3.29. The Morgan fingerprint density at radius 1 is 1.26 bits per heavy atom. The third-order valence-electron chi connectivity index (χ3n) is 2.65. The molecule has 0 unspecified atom stereocenters. The van der Waals surface area contributed by atoms with Crippen molar-refractivity contribution in [2.75, 3.05) is 0 Å². The first-order valence-electron chi connectivity index (χ1n) is 4.93. The van der Waals surface area contributed by atoms with E-state index in [2.05, 4.69) is 42.7 Å². The maximum Gasteiger partial charge on any atom is 0 e. The molecular weight excluding hydrogens is 1020 g/mol. The third kappa shape index (κ3) is 5.44. The van der Waals surface area contributed by atoms with E-state index in [0.717, 1.165) is 21.2 Å². The van der Waals surface area contributed by atoms with Gasteiger partial charge in [0, 0.05) is 102 Å². The fraction of sp³-hybridized carbons (Fsp3) is 0.250. The van der Waals surface area contributed by atoms with Crippen molar-refractivity contribution in [3.63, 3.8) is 0 Å². The van der Waals surface area contributed by atoms with Crippen LogP contribution in [0.2, 0.25) is 0 Å². The molecule has 2 nitrogen and oxygen atoms in total. The number of rotatable bonds is 1. The molecule has 0 aliphatic carbocycles. The molecule has 0 aliphatic heterocycles. The second kappa shape index (κ2) is 11.8. The molecule has 2 aromatic rings. The van der Waals surface area contributed by atoms with E-state index in [1.165, 1.54) is 33.6 Å². The summed E-state index contributed by atoms with van der Waals surface area (Å²) in [6, 6.07) is 8.60. The summed E-state index contributed by atoms with van der Waals surface area (Å²) < 4.78 is 3.40. The van der Waals surface area contributed by atoms with Crippen molar-refractivity contribution in [1.82, 2.24) is 4.57 Å². The molecule has 1 aromatic carbocycles. The number of aromatic nitrogens is 1. The van der Waals surface area contributed by atoms with Gasteiger partial charge in [0.25, 0.3) is 0 Å². The van der Waals surface area contributed by atoms with Gasteiger partial charge in [0.1, 0.15) is 0 Å². The molecule has 1 heterocycles. The monoisotopic (exact) mass is 1030 g/mol. The molecule has 0 spiro atoms. The van der Waals surface area contributed by atoms with Crippen LogP contribution in [0.5, 0.6) is 0 Å². The van der Waals surface area contributed by atoms with E-state index in [9.17, 15) is 0 Å². The van der Waals surface area contributed by atoms with Crippen LogP contribution >= 0.6 is 0 Å². The van der Waals surface area contributed by atoms with Crippen LogP contribution in [0.1, 0.15) is 18.1 Å². The van der Waals surface area contributed by atoms with E-state index in [0.29, 0.717) is 0 Å². The van der Waals surface area contributed by atoms with Crippen molar-refractivity contribution >= 4 is 45.6 Å². The van der Waals surface area contributed by atoms with Crippen LogP contribution in [0.4, 0.5) is 0 Å². The molecule has 1 aromatic heterocycles. The predicted octanol–water partition coefficient (Wildman–Crippen LogP) is 1.25. The fourth-order valence-electron chi connectivity index (χ4n) is 1.90. The molecular formula is C12H11BN2SnU3. The van der Waals surface area contributed by atoms with Crippen LogP contribution in [-0.2, 0) is 6.54 Å². The van der Waals surface area contributed by atoms with Gasteiger partial charge in [0.05, 0.1) is 0 Å². The Morgan fingerprint density at radius 2 is 1.84 bits per heavy atom. The van der Waals surface area contributed by atoms with Crippen molar-refractivity contribution in [2.45, 2.75) is 20.4 Å². The molecule has 0 saturated heterocycles. The van der Waals surface area contributed by atoms with Gasteiger partial charge >= 0.3 is 103 Å². The minimum Gasteiger partial charge on any atom is 0 e. The number of aryl methyl sites for hydroxylation is 2. The summed E-state index contributed by atoms with van der Waals surface area (Å²) in [5.74, 6) is 0. The summed E-state index contributed by atoms with van der Waals surface area (Å²) in [4.78, 5) is 0. The van der Waals surface area contributed by atoms with Gasteiger partial charge in [-0.25, -0.2) is 0 Å². The molecule has 88 valence electrons. The number of hydrogen-bond acceptors (Lipinski definition) is 1. The normalized spacial score (nSPS) is 8.32. The first-order valence-corrected chi connectivity index (χ1v) is 6.36. The Hall–Kier alpha value is 2.27. The standard InChI is InChI=1S/C12H11N2.B.Sn.3U/c1-3-14-8-10(7-13)11-5-4-9(2)6-12(11)14;;;;;/h4-6H,3H2,1-2H3;;;;;. The zero-order valence-corrected chi connectivity index (χ0v) is 26.3. The van der Waals surface area contributed by atoms with Crippen LogP contribution in [0.15, 0.2) is 18.2 Å². The predicted molar refractivity (Wildman–Crippen MR) is 68.2 cm³/mol. The van der Waals surface area contributed by atoms with E-state index in [1.54, 1.807) is 0 Å². The molecule has 0 amide bonds. The Morgan fingerprint density at radius 3 is 2.32 bits per heavy atom. The van der Waals surface area contributed by atoms with Gasteiger partial charge in [-0.15, -0.1) is 0 Å². The summed E-state index contributed by atoms with van der Waals surface area (Å²) in [7, 11) is 0. The number of nitrogens with zero attached hydrogens (tertiary/aromatic N) is 2. The van der Waals surface area contributed by atoms with Crippen molar-refractivity contribution in [1.29, 1.82) is 5.26 Å². The van der Waals surface area contributed by atoms with Crippen LogP contribution in [0.3, 0.4) is 0 Å². The van der Waals surface area contributed by atoms with Crippen molar-refractivity contribution in [3.05, 3.63) is 29.3 Å². The molecule has 19 heavy (non-hydrogen) atoms. The minimum absolute atomic E-state index is 0.